The first-order chi connectivity index (χ1) is 6.86. The normalized spacial score (nSPS) is 20.9. The zero-order valence-electron chi connectivity index (χ0n) is 8.15. The van der Waals surface area contributed by atoms with Crippen LogP contribution in [0.4, 0.5) is 0 Å². The predicted molar refractivity (Wildman–Crippen MR) is 51.5 cm³/mol. The third-order valence-corrected chi connectivity index (χ3v) is 2.71. The summed E-state index contributed by atoms with van der Waals surface area (Å²) in [6, 6.07) is -0.0133. The minimum atomic E-state index is -0.0133. The highest BCUT2D eigenvalue weighted by Gasteiger charge is 2.19. The Hall–Kier alpha value is -0.940. The van der Waals surface area contributed by atoms with Crippen LogP contribution < -0.4 is 5.73 Å². The number of H-pyrrole nitrogens is 1. The van der Waals surface area contributed by atoms with Crippen LogP contribution in [0.2, 0.25) is 0 Å². The van der Waals surface area contributed by atoms with Crippen LogP contribution in [0, 0.1) is 5.92 Å². The Morgan fingerprint density at radius 2 is 2.36 bits per heavy atom. The van der Waals surface area contributed by atoms with Crippen molar-refractivity contribution in [2.75, 3.05) is 13.2 Å². The number of aromatic amines is 1. The molecule has 14 heavy (non-hydrogen) atoms. The molecule has 5 nitrogen and oxygen atoms in total. The number of ether oxygens (including phenoxy) is 1. The lowest BCUT2D eigenvalue weighted by Gasteiger charge is -2.23. The number of hydrogen-bond donors (Lipinski definition) is 2. The van der Waals surface area contributed by atoms with Crippen molar-refractivity contribution in [1.29, 1.82) is 0 Å². The quantitative estimate of drug-likeness (QED) is 0.743. The number of nitrogens with two attached hydrogens (primary N) is 1. The first-order valence-electron chi connectivity index (χ1n) is 5.05. The Kier molecular flexibility index (Phi) is 3.10. The van der Waals surface area contributed by atoms with Crippen LogP contribution in [0.5, 0.6) is 0 Å². The lowest BCUT2D eigenvalue weighted by molar-refractivity contribution is 0.0616. The maximum Gasteiger partial charge on any atom is 0.141 e. The summed E-state index contributed by atoms with van der Waals surface area (Å²) < 4.78 is 5.30. The smallest absolute Gasteiger partial charge is 0.141 e. The fraction of sp³-hybridized carbons (Fsp3) is 0.778. The number of aromatic nitrogens is 3. The van der Waals surface area contributed by atoms with Gasteiger partial charge in [-0.05, 0) is 25.2 Å². The summed E-state index contributed by atoms with van der Waals surface area (Å²) in [5.74, 6) is 1.46. The first kappa shape index (κ1) is 9.61. The molecule has 0 aliphatic carbocycles. The molecule has 1 saturated heterocycles. The largest absolute Gasteiger partial charge is 0.381 e. The summed E-state index contributed by atoms with van der Waals surface area (Å²) in [4.78, 5) is 4.06. The summed E-state index contributed by atoms with van der Waals surface area (Å²) in [5.41, 5.74) is 6.00. The van der Waals surface area contributed by atoms with Crippen molar-refractivity contribution in [2.24, 2.45) is 11.7 Å². The molecule has 1 aliphatic heterocycles. The lowest BCUT2D eigenvalue weighted by Crippen LogP contribution is -2.22. The molecule has 2 heterocycles. The van der Waals surface area contributed by atoms with Gasteiger partial charge in [-0.1, -0.05) is 0 Å². The molecule has 1 unspecified atom stereocenters. The molecule has 5 heteroatoms. The van der Waals surface area contributed by atoms with E-state index in [1.54, 1.807) is 0 Å². The third-order valence-electron chi connectivity index (χ3n) is 2.71. The van der Waals surface area contributed by atoms with Gasteiger partial charge in [0.2, 0.25) is 0 Å². The second-order valence-electron chi connectivity index (χ2n) is 3.77. The van der Waals surface area contributed by atoms with Crippen LogP contribution in [-0.2, 0) is 4.74 Å². The van der Waals surface area contributed by atoms with Crippen molar-refractivity contribution in [1.82, 2.24) is 15.2 Å². The summed E-state index contributed by atoms with van der Waals surface area (Å²) >= 11 is 0. The average molecular weight is 196 g/mol. The van der Waals surface area contributed by atoms with E-state index in [9.17, 15) is 0 Å². The second kappa shape index (κ2) is 4.52. The van der Waals surface area contributed by atoms with Gasteiger partial charge in [0.1, 0.15) is 12.2 Å². The molecular formula is C9H16N4O. The van der Waals surface area contributed by atoms with Crippen molar-refractivity contribution in [3.05, 3.63) is 12.2 Å². The molecule has 1 aromatic heterocycles. The van der Waals surface area contributed by atoms with Crippen LogP contribution >= 0.6 is 0 Å². The van der Waals surface area contributed by atoms with E-state index in [0.717, 1.165) is 38.3 Å². The van der Waals surface area contributed by atoms with Crippen LogP contribution in [-0.4, -0.2) is 28.4 Å². The topological polar surface area (TPSA) is 76.8 Å². The van der Waals surface area contributed by atoms with Crippen molar-refractivity contribution < 1.29 is 4.74 Å². The molecule has 1 atom stereocenters. The number of hydrogen-bond acceptors (Lipinski definition) is 4. The van der Waals surface area contributed by atoms with E-state index < -0.39 is 0 Å². The van der Waals surface area contributed by atoms with Crippen molar-refractivity contribution in [3.8, 4) is 0 Å². The van der Waals surface area contributed by atoms with Gasteiger partial charge in [0.25, 0.3) is 0 Å². The summed E-state index contributed by atoms with van der Waals surface area (Å²) in [7, 11) is 0. The second-order valence-corrected chi connectivity index (χ2v) is 3.77. The number of nitrogens with one attached hydrogen (secondary N) is 1. The summed E-state index contributed by atoms with van der Waals surface area (Å²) in [5, 5.41) is 6.60. The maximum atomic E-state index is 6.00. The Bertz CT molecular complexity index is 256. The molecule has 1 aromatic rings. The predicted octanol–water partition coefficient (Wildman–Crippen LogP) is 0.621. The molecule has 0 amide bonds. The van der Waals surface area contributed by atoms with Gasteiger partial charge in [0, 0.05) is 13.2 Å². The van der Waals surface area contributed by atoms with Crippen LogP contribution in [0.3, 0.4) is 0 Å². The van der Waals surface area contributed by atoms with Gasteiger partial charge in [-0.25, -0.2) is 4.98 Å². The highest BCUT2D eigenvalue weighted by molar-refractivity contribution is 4.90. The van der Waals surface area contributed by atoms with Gasteiger partial charge < -0.3 is 10.5 Å². The van der Waals surface area contributed by atoms with E-state index in [0.29, 0.717) is 5.92 Å². The SMILES string of the molecule is NC(CC1CCOCC1)c1ncn[nH]1. The fourth-order valence-electron chi connectivity index (χ4n) is 1.85. The van der Waals surface area contributed by atoms with Crippen LogP contribution in [0.15, 0.2) is 6.33 Å². The summed E-state index contributed by atoms with van der Waals surface area (Å²) in [6.07, 6.45) is 4.70. The first-order valence-corrected chi connectivity index (χ1v) is 5.05. The molecule has 0 saturated carbocycles. The monoisotopic (exact) mass is 196 g/mol. The molecule has 0 aromatic carbocycles. The van der Waals surface area contributed by atoms with Gasteiger partial charge in [-0.3, -0.25) is 5.10 Å². The van der Waals surface area contributed by atoms with E-state index in [4.69, 9.17) is 10.5 Å². The fourth-order valence-corrected chi connectivity index (χ4v) is 1.85. The molecule has 2 rings (SSSR count). The van der Waals surface area contributed by atoms with Crippen molar-refractivity contribution >= 4 is 0 Å². The Morgan fingerprint density at radius 3 is 3.00 bits per heavy atom. The maximum absolute atomic E-state index is 6.00. The van der Waals surface area contributed by atoms with E-state index >= 15 is 0 Å². The molecular weight excluding hydrogens is 180 g/mol. The standard InChI is InChI=1S/C9H16N4O/c10-8(9-11-6-12-13-9)5-7-1-3-14-4-2-7/h6-8H,1-5,10H2,(H,11,12,13). The third kappa shape index (κ3) is 2.30. The lowest BCUT2D eigenvalue weighted by atomic mass is 9.93. The molecule has 1 aliphatic rings. The zero-order chi connectivity index (χ0) is 9.80. The van der Waals surface area contributed by atoms with Gasteiger partial charge >= 0.3 is 0 Å². The minimum absolute atomic E-state index is 0.0133. The van der Waals surface area contributed by atoms with E-state index in [2.05, 4.69) is 15.2 Å². The van der Waals surface area contributed by atoms with E-state index in [1.165, 1.54) is 6.33 Å². The highest BCUT2D eigenvalue weighted by Crippen LogP contribution is 2.24. The van der Waals surface area contributed by atoms with Gasteiger partial charge in [0.15, 0.2) is 0 Å². The van der Waals surface area contributed by atoms with E-state index in [-0.39, 0.29) is 6.04 Å². The molecule has 1 fully saturated rings. The van der Waals surface area contributed by atoms with Crippen molar-refractivity contribution in [2.45, 2.75) is 25.3 Å². The number of rotatable bonds is 3. The molecule has 3 N–H and O–H groups in total. The van der Waals surface area contributed by atoms with Crippen LogP contribution in [0.1, 0.15) is 31.1 Å². The average Bonchev–Trinajstić information content (AvgIpc) is 2.72. The molecule has 78 valence electrons. The zero-order valence-corrected chi connectivity index (χ0v) is 8.15. The Balaban J connectivity index is 1.84. The van der Waals surface area contributed by atoms with Gasteiger partial charge in [0.05, 0.1) is 6.04 Å². The van der Waals surface area contributed by atoms with E-state index in [1.807, 2.05) is 0 Å². The molecule has 0 radical (unpaired) electrons. The highest BCUT2D eigenvalue weighted by atomic mass is 16.5. The number of nitrogens with zero attached hydrogens (tertiary/aromatic N) is 2. The Morgan fingerprint density at radius 1 is 1.57 bits per heavy atom. The van der Waals surface area contributed by atoms with Crippen LogP contribution in [0.25, 0.3) is 0 Å². The van der Waals surface area contributed by atoms with Gasteiger partial charge in [-0.2, -0.15) is 5.10 Å². The van der Waals surface area contributed by atoms with Crippen molar-refractivity contribution in [3.63, 3.8) is 0 Å². The van der Waals surface area contributed by atoms with Gasteiger partial charge in [-0.15, -0.1) is 0 Å². The minimum Gasteiger partial charge on any atom is -0.381 e. The molecule has 0 spiro atoms. The summed E-state index contributed by atoms with van der Waals surface area (Å²) in [6.45, 7) is 1.74. The Labute approximate surface area is 83.1 Å². The molecule has 0 bridgehead atoms.